The summed E-state index contributed by atoms with van der Waals surface area (Å²) in [4.78, 5) is 27.7. The number of carbonyl (C=O) groups is 2. The quantitative estimate of drug-likeness (QED) is 0.575. The molecule has 2 amide bonds. The van der Waals surface area contributed by atoms with E-state index < -0.39 is 6.04 Å². The third kappa shape index (κ3) is 6.82. The standard InChI is InChI=1S/C25H31BrN2O3/c1-17-12-18(2)14-23(13-17)31-16-24(29)28(15-20-8-10-21(26)11-9-20)19(3)25(30)27-22-6-4-5-7-22/h8-14,19,22H,4-7,15-16H2,1-3H3,(H,27,30)/t19-/m0/s1. The molecule has 5 nitrogen and oxygen atoms in total. The summed E-state index contributed by atoms with van der Waals surface area (Å²) in [6, 6.07) is 13.3. The van der Waals surface area contributed by atoms with Crippen LogP contribution in [0.15, 0.2) is 46.9 Å². The topological polar surface area (TPSA) is 58.6 Å². The smallest absolute Gasteiger partial charge is 0.261 e. The molecule has 0 saturated heterocycles. The first-order valence-electron chi connectivity index (χ1n) is 10.9. The van der Waals surface area contributed by atoms with Crippen LogP contribution in [-0.4, -0.2) is 35.4 Å². The minimum atomic E-state index is -0.584. The van der Waals surface area contributed by atoms with Gasteiger partial charge >= 0.3 is 0 Å². The van der Waals surface area contributed by atoms with Crippen LogP contribution in [0.1, 0.15) is 49.3 Å². The van der Waals surface area contributed by atoms with Gasteiger partial charge in [0.05, 0.1) is 0 Å². The lowest BCUT2D eigenvalue weighted by Gasteiger charge is -2.29. The maximum absolute atomic E-state index is 13.2. The van der Waals surface area contributed by atoms with Crippen molar-refractivity contribution in [1.82, 2.24) is 10.2 Å². The first-order valence-corrected chi connectivity index (χ1v) is 11.7. The second-order valence-electron chi connectivity index (χ2n) is 8.43. The van der Waals surface area contributed by atoms with Crippen LogP contribution in [0, 0.1) is 13.8 Å². The van der Waals surface area contributed by atoms with E-state index in [1.54, 1.807) is 11.8 Å². The Kier molecular flexibility index (Phi) is 8.13. The zero-order valence-electron chi connectivity index (χ0n) is 18.5. The van der Waals surface area contributed by atoms with Crippen LogP contribution in [0.25, 0.3) is 0 Å². The van der Waals surface area contributed by atoms with Gasteiger partial charge in [0.2, 0.25) is 5.91 Å². The van der Waals surface area contributed by atoms with Crippen LogP contribution in [0.5, 0.6) is 5.75 Å². The monoisotopic (exact) mass is 486 g/mol. The highest BCUT2D eigenvalue weighted by atomic mass is 79.9. The van der Waals surface area contributed by atoms with Gasteiger partial charge in [-0.25, -0.2) is 0 Å². The van der Waals surface area contributed by atoms with Crippen LogP contribution < -0.4 is 10.1 Å². The molecule has 6 heteroatoms. The average Bonchev–Trinajstić information content (AvgIpc) is 3.23. The third-order valence-electron chi connectivity index (χ3n) is 5.69. The van der Waals surface area contributed by atoms with E-state index in [4.69, 9.17) is 4.74 Å². The Morgan fingerprint density at radius 2 is 1.71 bits per heavy atom. The number of nitrogens with zero attached hydrogens (tertiary/aromatic N) is 1. The van der Waals surface area contributed by atoms with Crippen LogP contribution in [-0.2, 0) is 16.1 Å². The zero-order valence-corrected chi connectivity index (χ0v) is 20.1. The summed E-state index contributed by atoms with van der Waals surface area (Å²) < 4.78 is 6.77. The Labute approximate surface area is 193 Å². The summed E-state index contributed by atoms with van der Waals surface area (Å²) in [5, 5.41) is 3.12. The molecule has 1 aliphatic rings. The summed E-state index contributed by atoms with van der Waals surface area (Å²) in [7, 11) is 0. The zero-order chi connectivity index (χ0) is 22.4. The number of halogens is 1. The summed E-state index contributed by atoms with van der Waals surface area (Å²) in [5.74, 6) is 0.345. The molecule has 1 fully saturated rings. The van der Waals surface area contributed by atoms with Gasteiger partial charge < -0.3 is 15.0 Å². The molecule has 2 aromatic rings. The number of benzene rings is 2. The summed E-state index contributed by atoms with van der Waals surface area (Å²) >= 11 is 3.44. The Balaban J connectivity index is 1.72. The lowest BCUT2D eigenvalue weighted by Crippen LogP contribution is -2.50. The van der Waals surface area contributed by atoms with Crippen molar-refractivity contribution in [1.29, 1.82) is 0 Å². The maximum Gasteiger partial charge on any atom is 0.261 e. The summed E-state index contributed by atoms with van der Waals surface area (Å²) in [6.45, 7) is 6.02. The Hall–Kier alpha value is -2.34. The van der Waals surface area contributed by atoms with E-state index in [0.717, 1.165) is 46.8 Å². The number of ether oxygens (including phenoxy) is 1. The molecular formula is C25H31BrN2O3. The van der Waals surface area contributed by atoms with Crippen LogP contribution in [0.3, 0.4) is 0 Å². The van der Waals surface area contributed by atoms with Crippen molar-refractivity contribution < 1.29 is 14.3 Å². The fourth-order valence-corrected chi connectivity index (χ4v) is 4.27. The second-order valence-corrected chi connectivity index (χ2v) is 9.34. The number of hydrogen-bond acceptors (Lipinski definition) is 3. The van der Waals surface area contributed by atoms with Crippen LogP contribution in [0.4, 0.5) is 0 Å². The van der Waals surface area contributed by atoms with Gasteiger partial charge in [-0.15, -0.1) is 0 Å². The van der Waals surface area contributed by atoms with E-state index in [1.165, 1.54) is 0 Å². The number of rotatable bonds is 8. The molecule has 1 atom stereocenters. The lowest BCUT2D eigenvalue weighted by molar-refractivity contribution is -0.142. The van der Waals surface area contributed by atoms with E-state index >= 15 is 0 Å². The van der Waals surface area contributed by atoms with Crippen molar-refractivity contribution in [2.24, 2.45) is 0 Å². The number of amides is 2. The molecule has 1 saturated carbocycles. The van der Waals surface area contributed by atoms with Crippen molar-refractivity contribution in [3.05, 3.63) is 63.6 Å². The molecule has 1 aliphatic carbocycles. The third-order valence-corrected chi connectivity index (χ3v) is 6.22. The molecule has 3 rings (SSSR count). The van der Waals surface area contributed by atoms with Gasteiger partial charge in [0, 0.05) is 17.1 Å². The Bertz CT molecular complexity index is 887. The number of hydrogen-bond donors (Lipinski definition) is 1. The van der Waals surface area contributed by atoms with Crippen molar-refractivity contribution in [2.75, 3.05) is 6.61 Å². The summed E-state index contributed by atoms with van der Waals surface area (Å²) in [5.41, 5.74) is 3.13. The molecule has 0 aromatic heterocycles. The van der Waals surface area contributed by atoms with Crippen molar-refractivity contribution >= 4 is 27.7 Å². The Morgan fingerprint density at radius 3 is 2.32 bits per heavy atom. The molecule has 2 aromatic carbocycles. The molecule has 0 radical (unpaired) electrons. The molecule has 1 N–H and O–H groups in total. The van der Waals surface area contributed by atoms with Gasteiger partial charge in [-0.3, -0.25) is 9.59 Å². The highest BCUT2D eigenvalue weighted by molar-refractivity contribution is 9.10. The SMILES string of the molecule is Cc1cc(C)cc(OCC(=O)N(Cc2ccc(Br)cc2)[C@@H](C)C(=O)NC2CCCC2)c1. The van der Waals surface area contributed by atoms with E-state index in [2.05, 4.69) is 27.3 Å². The van der Waals surface area contributed by atoms with Gasteiger partial charge in [0.15, 0.2) is 6.61 Å². The van der Waals surface area contributed by atoms with Gasteiger partial charge in [-0.05, 0) is 74.6 Å². The minimum absolute atomic E-state index is 0.108. The fourth-order valence-electron chi connectivity index (χ4n) is 4.01. The van der Waals surface area contributed by atoms with E-state index in [1.807, 2.05) is 50.2 Å². The van der Waals surface area contributed by atoms with Crippen LogP contribution >= 0.6 is 15.9 Å². The maximum atomic E-state index is 13.2. The van der Waals surface area contributed by atoms with Crippen molar-refractivity contribution in [3.8, 4) is 5.75 Å². The second kappa shape index (κ2) is 10.8. The Morgan fingerprint density at radius 1 is 1.10 bits per heavy atom. The van der Waals surface area contributed by atoms with E-state index in [-0.39, 0.29) is 24.5 Å². The highest BCUT2D eigenvalue weighted by Crippen LogP contribution is 2.20. The normalized spacial score (nSPS) is 14.8. The van der Waals surface area contributed by atoms with Crippen molar-refractivity contribution in [3.63, 3.8) is 0 Å². The number of nitrogens with one attached hydrogen (secondary N) is 1. The molecule has 31 heavy (non-hydrogen) atoms. The number of carbonyl (C=O) groups excluding carboxylic acids is 2. The molecule has 0 spiro atoms. The lowest BCUT2D eigenvalue weighted by atomic mass is 10.1. The van der Waals surface area contributed by atoms with E-state index in [9.17, 15) is 9.59 Å². The van der Waals surface area contributed by atoms with Gasteiger partial charge in [0.25, 0.3) is 5.91 Å². The molecule has 0 unspecified atom stereocenters. The largest absolute Gasteiger partial charge is 0.484 e. The first kappa shape index (κ1) is 23.3. The van der Waals surface area contributed by atoms with E-state index in [0.29, 0.717) is 12.3 Å². The highest BCUT2D eigenvalue weighted by Gasteiger charge is 2.28. The van der Waals surface area contributed by atoms with Crippen molar-refractivity contribution in [2.45, 2.75) is 65.1 Å². The molecule has 166 valence electrons. The fraction of sp³-hybridized carbons (Fsp3) is 0.440. The summed E-state index contributed by atoms with van der Waals surface area (Å²) in [6.07, 6.45) is 4.30. The van der Waals surface area contributed by atoms with Gasteiger partial charge in [-0.1, -0.05) is 47.0 Å². The minimum Gasteiger partial charge on any atom is -0.484 e. The van der Waals surface area contributed by atoms with Crippen LogP contribution in [0.2, 0.25) is 0 Å². The first-order chi connectivity index (χ1) is 14.8. The van der Waals surface area contributed by atoms with Gasteiger partial charge in [0.1, 0.15) is 11.8 Å². The van der Waals surface area contributed by atoms with Gasteiger partial charge in [-0.2, -0.15) is 0 Å². The average molecular weight is 487 g/mol. The predicted molar refractivity (Wildman–Crippen MR) is 126 cm³/mol. The number of aryl methyl sites for hydroxylation is 2. The molecule has 0 aliphatic heterocycles. The predicted octanol–water partition coefficient (Wildman–Crippen LogP) is 4.92. The molecular weight excluding hydrogens is 456 g/mol. The molecule has 0 heterocycles. The molecule has 0 bridgehead atoms.